The van der Waals surface area contributed by atoms with Crippen molar-refractivity contribution < 1.29 is 4.42 Å². The first-order valence-corrected chi connectivity index (χ1v) is 7.93. The molecule has 1 aromatic carbocycles. The summed E-state index contributed by atoms with van der Waals surface area (Å²) in [5, 5.41) is 0.822. The van der Waals surface area contributed by atoms with Gasteiger partial charge in [0.25, 0.3) is 5.56 Å². The monoisotopic (exact) mass is 319 g/mol. The van der Waals surface area contributed by atoms with Crippen LogP contribution in [0, 0.1) is 13.8 Å². The second-order valence-corrected chi connectivity index (χ2v) is 6.02. The van der Waals surface area contributed by atoms with E-state index in [4.69, 9.17) is 4.42 Å². The van der Waals surface area contributed by atoms with Crippen LogP contribution in [0.4, 0.5) is 0 Å². The number of benzene rings is 1. The Labute approximate surface area is 138 Å². The first kappa shape index (κ1) is 14.6. The van der Waals surface area contributed by atoms with Gasteiger partial charge >= 0.3 is 0 Å². The molecule has 0 atom stereocenters. The molecular formula is C19H17N3O2. The fraction of sp³-hybridized carbons (Fsp3) is 0.211. The van der Waals surface area contributed by atoms with Crippen molar-refractivity contribution in [3.63, 3.8) is 0 Å². The van der Waals surface area contributed by atoms with Crippen LogP contribution in [0.15, 0.2) is 51.9 Å². The molecule has 4 aromatic rings. The summed E-state index contributed by atoms with van der Waals surface area (Å²) in [6.07, 6.45) is 2.37. The predicted octanol–water partition coefficient (Wildman–Crippen LogP) is 3.40. The lowest BCUT2D eigenvalue weighted by Gasteiger charge is -2.04. The molecule has 0 bridgehead atoms. The van der Waals surface area contributed by atoms with Crippen molar-refractivity contribution in [1.82, 2.24) is 14.5 Å². The van der Waals surface area contributed by atoms with E-state index in [-0.39, 0.29) is 11.1 Å². The third-order valence-electron chi connectivity index (χ3n) is 4.23. The maximum absolute atomic E-state index is 12.7. The highest BCUT2D eigenvalue weighted by Gasteiger charge is 2.16. The van der Waals surface area contributed by atoms with Crippen LogP contribution in [-0.4, -0.2) is 14.5 Å². The van der Waals surface area contributed by atoms with E-state index in [1.165, 1.54) is 5.56 Å². The topological polar surface area (TPSA) is 60.9 Å². The Hall–Kier alpha value is -2.95. The van der Waals surface area contributed by atoms with E-state index >= 15 is 0 Å². The van der Waals surface area contributed by atoms with Crippen molar-refractivity contribution in [2.24, 2.45) is 0 Å². The number of hydrogen-bond acceptors (Lipinski definition) is 4. The van der Waals surface area contributed by atoms with Crippen molar-refractivity contribution >= 4 is 22.2 Å². The molecule has 0 amide bonds. The molecular weight excluding hydrogens is 302 g/mol. The van der Waals surface area contributed by atoms with Gasteiger partial charge in [-0.05, 0) is 37.5 Å². The Morgan fingerprint density at radius 3 is 2.75 bits per heavy atom. The molecule has 3 aromatic heterocycles. The molecule has 120 valence electrons. The smallest absolute Gasteiger partial charge is 0.297 e. The summed E-state index contributed by atoms with van der Waals surface area (Å²) in [5.41, 5.74) is 4.26. The molecule has 0 fully saturated rings. The number of aryl methyl sites for hydroxylation is 4. The minimum atomic E-state index is -0.161. The third-order valence-corrected chi connectivity index (χ3v) is 4.23. The Bertz CT molecular complexity index is 1090. The molecule has 3 heterocycles. The Kier molecular flexibility index (Phi) is 3.41. The van der Waals surface area contributed by atoms with E-state index < -0.39 is 0 Å². The number of fused-ring (bicyclic) bond motifs is 3. The summed E-state index contributed by atoms with van der Waals surface area (Å²) in [5.74, 6) is 0. The number of rotatable bonds is 3. The average molecular weight is 319 g/mol. The molecule has 0 aliphatic rings. The van der Waals surface area contributed by atoms with Gasteiger partial charge in [-0.3, -0.25) is 9.36 Å². The minimum Gasteiger partial charge on any atom is -0.430 e. The van der Waals surface area contributed by atoms with Gasteiger partial charge in [-0.2, -0.15) is 0 Å². The summed E-state index contributed by atoms with van der Waals surface area (Å²) in [7, 11) is 0. The zero-order valence-electron chi connectivity index (χ0n) is 13.6. The van der Waals surface area contributed by atoms with E-state index in [1.807, 2.05) is 50.2 Å². The van der Waals surface area contributed by atoms with Gasteiger partial charge in [0.1, 0.15) is 5.52 Å². The van der Waals surface area contributed by atoms with Crippen molar-refractivity contribution in [2.45, 2.75) is 26.8 Å². The molecule has 0 aliphatic heterocycles. The second kappa shape index (κ2) is 5.60. The number of nitrogens with zero attached hydrogens (tertiary/aromatic N) is 3. The quantitative estimate of drug-likeness (QED) is 0.581. The highest BCUT2D eigenvalue weighted by molar-refractivity contribution is 6.02. The van der Waals surface area contributed by atoms with Crippen molar-refractivity contribution in [3.8, 4) is 0 Å². The van der Waals surface area contributed by atoms with Crippen molar-refractivity contribution in [3.05, 3.63) is 69.9 Å². The molecule has 0 saturated carbocycles. The summed E-state index contributed by atoms with van der Waals surface area (Å²) in [6, 6.07) is 12.0. The van der Waals surface area contributed by atoms with Gasteiger partial charge in [0.2, 0.25) is 11.3 Å². The Morgan fingerprint density at radius 1 is 1.17 bits per heavy atom. The van der Waals surface area contributed by atoms with E-state index in [0.717, 1.165) is 23.1 Å². The molecule has 0 aliphatic carbocycles. The van der Waals surface area contributed by atoms with Crippen LogP contribution in [0.5, 0.6) is 0 Å². The summed E-state index contributed by atoms with van der Waals surface area (Å²) in [6.45, 7) is 4.45. The maximum Gasteiger partial charge on any atom is 0.297 e. The molecule has 24 heavy (non-hydrogen) atoms. The van der Waals surface area contributed by atoms with Gasteiger partial charge in [-0.15, -0.1) is 0 Å². The van der Waals surface area contributed by atoms with E-state index in [2.05, 4.69) is 9.97 Å². The molecule has 0 saturated heterocycles. The molecule has 4 rings (SSSR count). The van der Waals surface area contributed by atoms with Crippen LogP contribution in [0.3, 0.4) is 0 Å². The lowest BCUT2D eigenvalue weighted by atomic mass is 10.1. The molecule has 0 spiro atoms. The standard InChI is InChI=1S/C19H17N3O2/c1-12-10-13(2)21-18-15(12)16-17(24-18)19(23)22(11-20-16)9-8-14-6-4-3-5-7-14/h3-7,10-11H,8-9H2,1-2H3. The van der Waals surface area contributed by atoms with Crippen LogP contribution in [0.25, 0.3) is 22.2 Å². The molecule has 5 nitrogen and oxygen atoms in total. The van der Waals surface area contributed by atoms with Gasteiger partial charge in [0, 0.05) is 12.2 Å². The number of aromatic nitrogens is 3. The fourth-order valence-electron chi connectivity index (χ4n) is 3.05. The average Bonchev–Trinajstić information content (AvgIpc) is 2.94. The number of pyridine rings is 1. The Morgan fingerprint density at radius 2 is 1.96 bits per heavy atom. The van der Waals surface area contributed by atoms with Crippen LogP contribution >= 0.6 is 0 Å². The first-order chi connectivity index (χ1) is 11.6. The van der Waals surface area contributed by atoms with E-state index in [9.17, 15) is 4.79 Å². The Balaban J connectivity index is 1.79. The van der Waals surface area contributed by atoms with Crippen LogP contribution in [0.2, 0.25) is 0 Å². The van der Waals surface area contributed by atoms with E-state index in [1.54, 1.807) is 10.9 Å². The van der Waals surface area contributed by atoms with Crippen LogP contribution in [-0.2, 0) is 13.0 Å². The number of hydrogen-bond donors (Lipinski definition) is 0. The summed E-state index contributed by atoms with van der Waals surface area (Å²) in [4.78, 5) is 21.6. The normalized spacial score (nSPS) is 11.4. The highest BCUT2D eigenvalue weighted by atomic mass is 16.3. The van der Waals surface area contributed by atoms with E-state index in [0.29, 0.717) is 17.8 Å². The van der Waals surface area contributed by atoms with Gasteiger partial charge in [-0.25, -0.2) is 9.97 Å². The molecule has 0 N–H and O–H groups in total. The van der Waals surface area contributed by atoms with Crippen LogP contribution < -0.4 is 5.56 Å². The van der Waals surface area contributed by atoms with Gasteiger partial charge in [-0.1, -0.05) is 30.3 Å². The predicted molar refractivity (Wildman–Crippen MR) is 93.2 cm³/mol. The molecule has 5 heteroatoms. The van der Waals surface area contributed by atoms with Crippen molar-refractivity contribution in [1.29, 1.82) is 0 Å². The van der Waals surface area contributed by atoms with Crippen LogP contribution in [0.1, 0.15) is 16.8 Å². The van der Waals surface area contributed by atoms with Gasteiger partial charge in [0.15, 0.2) is 0 Å². The lowest BCUT2D eigenvalue weighted by Crippen LogP contribution is -2.21. The molecule has 0 unspecified atom stereocenters. The first-order valence-electron chi connectivity index (χ1n) is 7.93. The highest BCUT2D eigenvalue weighted by Crippen LogP contribution is 2.26. The largest absolute Gasteiger partial charge is 0.430 e. The second-order valence-electron chi connectivity index (χ2n) is 6.02. The zero-order valence-corrected chi connectivity index (χ0v) is 13.6. The van der Waals surface area contributed by atoms with Gasteiger partial charge in [0.05, 0.1) is 11.7 Å². The molecule has 0 radical (unpaired) electrons. The zero-order chi connectivity index (χ0) is 16.7. The third kappa shape index (κ3) is 2.38. The lowest BCUT2D eigenvalue weighted by molar-refractivity contribution is 0.613. The van der Waals surface area contributed by atoms with Crippen molar-refractivity contribution in [2.75, 3.05) is 0 Å². The fourth-order valence-corrected chi connectivity index (χ4v) is 3.05. The minimum absolute atomic E-state index is 0.161. The van der Waals surface area contributed by atoms with Gasteiger partial charge < -0.3 is 4.42 Å². The SMILES string of the molecule is Cc1cc(C)c2c(n1)oc1c(=O)n(CCc3ccccc3)cnc12. The maximum atomic E-state index is 12.7. The summed E-state index contributed by atoms with van der Waals surface area (Å²) >= 11 is 0. The number of furan rings is 1. The summed E-state index contributed by atoms with van der Waals surface area (Å²) < 4.78 is 7.33.